The van der Waals surface area contributed by atoms with Gasteiger partial charge in [0.15, 0.2) is 28.2 Å². The first-order valence-electron chi connectivity index (χ1n) is 11.5. The number of fused-ring (bicyclic) bond motifs is 2. The first-order valence-corrected chi connectivity index (χ1v) is 13.0. The number of hydrogen-bond donors (Lipinski definition) is 2. The van der Waals surface area contributed by atoms with E-state index in [1.54, 1.807) is 0 Å². The fourth-order valence-corrected chi connectivity index (χ4v) is 6.61. The minimum atomic E-state index is -5.38. The van der Waals surface area contributed by atoms with Crippen molar-refractivity contribution in [3.63, 3.8) is 0 Å². The van der Waals surface area contributed by atoms with E-state index in [0.717, 1.165) is 56.2 Å². The van der Waals surface area contributed by atoms with E-state index in [4.69, 9.17) is 0 Å². The third kappa shape index (κ3) is 4.70. The summed E-state index contributed by atoms with van der Waals surface area (Å²) in [6.07, 6.45) is 4.22. The molecule has 1 amide bonds. The van der Waals surface area contributed by atoms with Crippen LogP contribution in [0.2, 0.25) is 0 Å². The third-order valence-electron chi connectivity index (χ3n) is 7.40. The summed E-state index contributed by atoms with van der Waals surface area (Å²) in [4.78, 5) is 23.7. The molecule has 2 aliphatic carbocycles. The number of carbonyl (C=O) groups is 2. The molecule has 4 rings (SSSR count). The molecule has 206 valence electrons. The molecule has 0 aliphatic heterocycles. The SMILES string of the molecule is CN(CC(=O)N(CC12CCC(CC1)C2)c1ccc(C(=O)O)c(O)c1)S(=O)(=O)c1c(F)c(F)c(F)c(F)c1F. The van der Waals surface area contributed by atoms with Crippen molar-refractivity contribution in [2.24, 2.45) is 11.3 Å². The molecule has 38 heavy (non-hydrogen) atoms. The van der Waals surface area contributed by atoms with Crippen LogP contribution in [0.5, 0.6) is 5.75 Å². The van der Waals surface area contributed by atoms with Gasteiger partial charge in [-0.1, -0.05) is 0 Å². The number of aromatic hydroxyl groups is 1. The zero-order valence-electron chi connectivity index (χ0n) is 20.0. The van der Waals surface area contributed by atoms with Crippen LogP contribution in [-0.2, 0) is 14.8 Å². The zero-order valence-corrected chi connectivity index (χ0v) is 20.8. The maximum atomic E-state index is 14.2. The standard InChI is InChI=1S/C24H23F5N2O6S/c1-30(38(36,37)22-20(28)18(26)17(25)19(27)21(22)29)10-16(33)31(11-24-6-4-12(9-24)5-7-24)13-2-3-14(23(34)35)15(32)8-13/h2-3,8,12,32H,4-7,9-11H2,1H3,(H,34,35). The molecule has 2 fully saturated rings. The number of rotatable bonds is 8. The van der Waals surface area contributed by atoms with Gasteiger partial charge in [-0.2, -0.15) is 4.31 Å². The highest BCUT2D eigenvalue weighted by molar-refractivity contribution is 7.89. The molecule has 2 saturated carbocycles. The molecular weight excluding hydrogens is 539 g/mol. The number of carbonyl (C=O) groups excluding carboxylic acids is 1. The zero-order chi connectivity index (χ0) is 28.2. The number of amides is 1. The van der Waals surface area contributed by atoms with E-state index in [2.05, 4.69) is 0 Å². The number of nitrogens with zero attached hydrogens (tertiary/aromatic N) is 2. The Morgan fingerprint density at radius 3 is 2.03 bits per heavy atom. The average molecular weight is 563 g/mol. The predicted molar refractivity (Wildman–Crippen MR) is 122 cm³/mol. The van der Waals surface area contributed by atoms with E-state index < -0.39 is 73.7 Å². The number of hydrogen-bond acceptors (Lipinski definition) is 5. The van der Waals surface area contributed by atoms with Gasteiger partial charge in [-0.05, 0) is 55.6 Å². The first-order chi connectivity index (χ1) is 17.7. The van der Waals surface area contributed by atoms with Gasteiger partial charge in [-0.25, -0.2) is 35.2 Å². The molecule has 2 aromatic rings. The van der Waals surface area contributed by atoms with Gasteiger partial charge in [-0.15, -0.1) is 0 Å². The van der Waals surface area contributed by atoms with E-state index >= 15 is 0 Å². The summed E-state index contributed by atoms with van der Waals surface area (Å²) in [6, 6.07) is 3.34. The maximum absolute atomic E-state index is 14.2. The van der Waals surface area contributed by atoms with Gasteiger partial charge in [-0.3, -0.25) is 4.79 Å². The maximum Gasteiger partial charge on any atom is 0.339 e. The first kappa shape index (κ1) is 27.8. The predicted octanol–water partition coefficient (Wildman–Crippen LogP) is 4.02. The highest BCUT2D eigenvalue weighted by Gasteiger charge is 2.47. The molecule has 0 heterocycles. The Kier molecular flexibility index (Phi) is 7.16. The highest BCUT2D eigenvalue weighted by atomic mass is 32.2. The second kappa shape index (κ2) is 9.80. The van der Waals surface area contributed by atoms with Crippen molar-refractivity contribution in [3.8, 4) is 5.75 Å². The molecule has 2 aromatic carbocycles. The lowest BCUT2D eigenvalue weighted by Crippen LogP contribution is -2.45. The van der Waals surface area contributed by atoms with Gasteiger partial charge in [0.25, 0.3) is 0 Å². The largest absolute Gasteiger partial charge is 0.507 e. The average Bonchev–Trinajstić information content (AvgIpc) is 3.45. The Bertz CT molecular complexity index is 1400. The monoisotopic (exact) mass is 562 g/mol. The van der Waals surface area contributed by atoms with Gasteiger partial charge in [0.1, 0.15) is 11.3 Å². The quantitative estimate of drug-likeness (QED) is 0.285. The minimum absolute atomic E-state index is 0.0456. The summed E-state index contributed by atoms with van der Waals surface area (Å²) in [6.45, 7) is -0.965. The number of carboxylic acids is 1. The number of anilines is 1. The Morgan fingerprint density at radius 2 is 1.55 bits per heavy atom. The lowest BCUT2D eigenvalue weighted by atomic mass is 9.83. The number of likely N-dealkylation sites (N-methyl/N-ethyl adjacent to an activating group) is 1. The normalized spacial score (nSPS) is 20.8. The van der Waals surface area contributed by atoms with Crippen molar-refractivity contribution in [2.75, 3.05) is 25.0 Å². The van der Waals surface area contributed by atoms with Gasteiger partial charge < -0.3 is 15.1 Å². The Balaban J connectivity index is 1.68. The molecule has 2 aliphatic rings. The van der Waals surface area contributed by atoms with Crippen LogP contribution in [0.1, 0.15) is 42.5 Å². The van der Waals surface area contributed by atoms with Crippen LogP contribution >= 0.6 is 0 Å². The summed E-state index contributed by atoms with van der Waals surface area (Å²) in [5.41, 5.74) is -0.698. The van der Waals surface area contributed by atoms with E-state index in [-0.39, 0.29) is 22.0 Å². The molecule has 0 unspecified atom stereocenters. The third-order valence-corrected chi connectivity index (χ3v) is 9.23. The lowest BCUT2D eigenvalue weighted by Gasteiger charge is -2.35. The van der Waals surface area contributed by atoms with Crippen LogP contribution in [0.4, 0.5) is 27.6 Å². The fourth-order valence-electron chi connectivity index (χ4n) is 5.39. The molecule has 2 N–H and O–H groups in total. The summed E-state index contributed by atoms with van der Waals surface area (Å²) in [5.74, 6) is -15.1. The molecule has 0 saturated heterocycles. The van der Waals surface area contributed by atoms with Crippen molar-refractivity contribution in [1.29, 1.82) is 0 Å². The van der Waals surface area contributed by atoms with Crippen molar-refractivity contribution < 1.29 is 50.2 Å². The van der Waals surface area contributed by atoms with Crippen LogP contribution in [0.3, 0.4) is 0 Å². The van der Waals surface area contributed by atoms with Gasteiger partial charge in [0.05, 0.1) is 6.54 Å². The minimum Gasteiger partial charge on any atom is -0.507 e. The number of carboxylic acid groups (broad SMARTS) is 1. The van der Waals surface area contributed by atoms with E-state index in [1.807, 2.05) is 0 Å². The summed E-state index contributed by atoms with van der Waals surface area (Å²) in [7, 11) is -4.63. The molecule has 14 heteroatoms. The van der Waals surface area contributed by atoms with Crippen molar-refractivity contribution in [1.82, 2.24) is 4.31 Å². The molecule has 8 nitrogen and oxygen atoms in total. The van der Waals surface area contributed by atoms with E-state index in [0.29, 0.717) is 5.92 Å². The van der Waals surface area contributed by atoms with E-state index in [9.17, 15) is 50.2 Å². The van der Waals surface area contributed by atoms with Crippen molar-refractivity contribution in [2.45, 2.75) is 37.0 Å². The summed E-state index contributed by atoms with van der Waals surface area (Å²) >= 11 is 0. The molecule has 0 radical (unpaired) electrons. The Labute approximate surface area is 214 Å². The summed E-state index contributed by atoms with van der Waals surface area (Å²) < 4.78 is 95.1. The molecular formula is C24H23F5N2O6S. The Hall–Kier alpha value is -3.26. The van der Waals surface area contributed by atoms with Gasteiger partial charge in [0, 0.05) is 25.3 Å². The molecule has 0 spiro atoms. The van der Waals surface area contributed by atoms with Crippen LogP contribution in [0.25, 0.3) is 0 Å². The highest BCUT2D eigenvalue weighted by Crippen LogP contribution is 2.54. The number of benzene rings is 2. The van der Waals surface area contributed by atoms with Crippen LogP contribution < -0.4 is 4.90 Å². The van der Waals surface area contributed by atoms with Crippen LogP contribution in [-0.4, -0.2) is 54.9 Å². The second-order valence-corrected chi connectivity index (χ2v) is 11.8. The molecule has 2 bridgehead atoms. The van der Waals surface area contributed by atoms with Crippen LogP contribution in [0.15, 0.2) is 23.1 Å². The second-order valence-electron chi connectivity index (χ2n) is 9.79. The topological polar surface area (TPSA) is 115 Å². The lowest BCUT2D eigenvalue weighted by molar-refractivity contribution is -0.119. The van der Waals surface area contributed by atoms with Crippen molar-refractivity contribution in [3.05, 3.63) is 52.8 Å². The van der Waals surface area contributed by atoms with E-state index in [1.165, 1.54) is 6.07 Å². The smallest absolute Gasteiger partial charge is 0.339 e. The van der Waals surface area contributed by atoms with Gasteiger partial charge in [0.2, 0.25) is 21.7 Å². The molecule has 0 atom stereocenters. The van der Waals surface area contributed by atoms with Gasteiger partial charge >= 0.3 is 5.97 Å². The number of aromatic carboxylic acids is 1. The Morgan fingerprint density at radius 1 is 1.00 bits per heavy atom. The molecule has 0 aromatic heterocycles. The number of phenols is 1. The van der Waals surface area contributed by atoms with Crippen molar-refractivity contribution >= 4 is 27.6 Å². The summed E-state index contributed by atoms with van der Waals surface area (Å²) in [5, 5.41) is 19.4. The number of halogens is 5. The van der Waals surface area contributed by atoms with Crippen LogP contribution in [0, 0.1) is 40.4 Å². The number of sulfonamides is 1. The fraction of sp³-hybridized carbons (Fsp3) is 0.417.